The molecule has 1 aliphatic rings. The number of nitrogens with one attached hydrogen (secondary N) is 2. The van der Waals surface area contributed by atoms with Crippen LogP contribution in [0.4, 0.5) is 0 Å². The van der Waals surface area contributed by atoms with E-state index in [-0.39, 0.29) is 11.8 Å². The number of hydrogen-bond donors (Lipinski definition) is 3. The summed E-state index contributed by atoms with van der Waals surface area (Å²) in [5.41, 5.74) is 5.70. The molecule has 6 nitrogen and oxygen atoms in total. The molecule has 4 N–H and O–H groups in total. The molecule has 1 saturated heterocycles. The van der Waals surface area contributed by atoms with Crippen molar-refractivity contribution in [2.75, 3.05) is 32.7 Å². The fourth-order valence-corrected chi connectivity index (χ4v) is 2.36. The highest BCUT2D eigenvalue weighted by atomic mass is 16.2. The summed E-state index contributed by atoms with van der Waals surface area (Å²) >= 11 is 0. The molecule has 1 aliphatic heterocycles. The van der Waals surface area contributed by atoms with Crippen molar-refractivity contribution in [2.24, 2.45) is 11.7 Å². The molecular weight excluding hydrogens is 244 g/mol. The molecule has 0 spiro atoms. The van der Waals surface area contributed by atoms with Crippen LogP contribution in [0.15, 0.2) is 0 Å². The molecule has 0 aromatic rings. The second-order valence-corrected chi connectivity index (χ2v) is 5.29. The number of piperidine rings is 1. The molecule has 2 amide bonds. The molecule has 0 radical (unpaired) electrons. The van der Waals surface area contributed by atoms with E-state index >= 15 is 0 Å². The molecule has 0 aliphatic carbocycles. The smallest absolute Gasteiger partial charge is 0.234 e. The van der Waals surface area contributed by atoms with Gasteiger partial charge in [0.25, 0.3) is 0 Å². The number of likely N-dealkylation sites (tertiary alicyclic amines) is 1. The van der Waals surface area contributed by atoms with Gasteiger partial charge in [-0.25, -0.2) is 0 Å². The van der Waals surface area contributed by atoms with Crippen LogP contribution >= 0.6 is 0 Å². The van der Waals surface area contributed by atoms with Gasteiger partial charge in [0.15, 0.2) is 0 Å². The molecule has 0 saturated carbocycles. The normalized spacial score (nSPS) is 23.9. The third-order valence-electron chi connectivity index (χ3n) is 3.61. The van der Waals surface area contributed by atoms with Crippen LogP contribution in [0.25, 0.3) is 0 Å². The number of hydrogen-bond acceptors (Lipinski definition) is 4. The van der Waals surface area contributed by atoms with Gasteiger partial charge in [0.05, 0.1) is 6.54 Å². The van der Waals surface area contributed by atoms with Crippen LogP contribution in [0.3, 0.4) is 0 Å². The van der Waals surface area contributed by atoms with Crippen molar-refractivity contribution in [2.45, 2.75) is 32.7 Å². The maximum absolute atomic E-state index is 11.8. The highest BCUT2D eigenvalue weighted by Crippen LogP contribution is 2.20. The highest BCUT2D eigenvalue weighted by Gasteiger charge is 2.25. The number of rotatable bonds is 6. The van der Waals surface area contributed by atoms with Crippen molar-refractivity contribution >= 4 is 11.8 Å². The van der Waals surface area contributed by atoms with Gasteiger partial charge >= 0.3 is 0 Å². The van der Waals surface area contributed by atoms with Crippen molar-refractivity contribution < 1.29 is 9.59 Å². The van der Waals surface area contributed by atoms with Gasteiger partial charge in [-0.3, -0.25) is 14.5 Å². The molecule has 0 aromatic heterocycles. The van der Waals surface area contributed by atoms with Crippen LogP contribution in [-0.2, 0) is 9.59 Å². The van der Waals surface area contributed by atoms with Crippen molar-refractivity contribution in [1.29, 1.82) is 0 Å². The number of carbonyl (C=O) groups is 2. The molecule has 1 rings (SSSR count). The molecule has 2 unspecified atom stereocenters. The van der Waals surface area contributed by atoms with Gasteiger partial charge in [0.1, 0.15) is 0 Å². The Morgan fingerprint density at radius 1 is 1.26 bits per heavy atom. The Morgan fingerprint density at radius 2 is 1.95 bits per heavy atom. The summed E-state index contributed by atoms with van der Waals surface area (Å²) in [4.78, 5) is 24.7. The average molecular weight is 270 g/mol. The number of nitrogens with two attached hydrogens (primary N) is 1. The van der Waals surface area contributed by atoms with E-state index in [2.05, 4.69) is 22.5 Å². The zero-order chi connectivity index (χ0) is 14.3. The largest absolute Gasteiger partial charge is 0.355 e. The van der Waals surface area contributed by atoms with Crippen LogP contribution in [0.2, 0.25) is 0 Å². The van der Waals surface area contributed by atoms with Crippen molar-refractivity contribution in [1.82, 2.24) is 15.5 Å². The first kappa shape index (κ1) is 15.9. The lowest BCUT2D eigenvalue weighted by molar-refractivity contribution is -0.124. The van der Waals surface area contributed by atoms with E-state index in [0.29, 0.717) is 38.1 Å². The zero-order valence-corrected chi connectivity index (χ0v) is 11.9. The predicted molar refractivity (Wildman–Crippen MR) is 74.5 cm³/mol. The average Bonchev–Trinajstić information content (AvgIpc) is 2.37. The second kappa shape index (κ2) is 8.12. The summed E-state index contributed by atoms with van der Waals surface area (Å²) in [6.07, 6.45) is 2.25. The molecule has 19 heavy (non-hydrogen) atoms. The minimum absolute atomic E-state index is 0.00914. The lowest BCUT2D eigenvalue weighted by atomic mass is 9.93. The first-order valence-corrected chi connectivity index (χ1v) is 6.98. The third kappa shape index (κ3) is 6.02. The minimum Gasteiger partial charge on any atom is -0.355 e. The zero-order valence-electron chi connectivity index (χ0n) is 11.9. The summed E-state index contributed by atoms with van der Waals surface area (Å²) in [7, 11) is 0. The van der Waals surface area contributed by atoms with Gasteiger partial charge < -0.3 is 16.4 Å². The molecule has 6 heteroatoms. The van der Waals surface area contributed by atoms with Gasteiger partial charge in [-0.05, 0) is 32.2 Å². The Hall–Kier alpha value is -1.14. The molecule has 1 fully saturated rings. The van der Waals surface area contributed by atoms with Crippen molar-refractivity contribution in [3.63, 3.8) is 0 Å². The van der Waals surface area contributed by atoms with Crippen molar-refractivity contribution in [3.05, 3.63) is 0 Å². The quantitative estimate of drug-likeness (QED) is 0.557. The highest BCUT2D eigenvalue weighted by molar-refractivity contribution is 5.78. The van der Waals surface area contributed by atoms with Gasteiger partial charge in [-0.2, -0.15) is 0 Å². The number of amides is 2. The first-order chi connectivity index (χ1) is 9.02. The maximum atomic E-state index is 11.8. The molecule has 0 aromatic carbocycles. The Bertz CT molecular complexity index is 309. The van der Waals surface area contributed by atoms with Gasteiger partial charge in [0.2, 0.25) is 11.8 Å². The van der Waals surface area contributed by atoms with E-state index in [9.17, 15) is 9.59 Å². The standard InChI is InChI=1S/C13H26N4O2/c1-10-3-4-12(7-14)8-17(10)9-13(19)16-6-5-15-11(2)18/h10,12H,3-9,14H2,1-2H3,(H,15,18)(H,16,19). The molecule has 110 valence electrons. The number of nitrogens with zero attached hydrogens (tertiary/aromatic N) is 1. The van der Waals surface area contributed by atoms with Crippen LogP contribution in [0.5, 0.6) is 0 Å². The summed E-state index contributed by atoms with van der Waals surface area (Å²) in [6.45, 7) is 6.56. The van der Waals surface area contributed by atoms with E-state index in [0.717, 1.165) is 19.4 Å². The van der Waals surface area contributed by atoms with E-state index in [4.69, 9.17) is 5.73 Å². The van der Waals surface area contributed by atoms with E-state index < -0.39 is 0 Å². The first-order valence-electron chi connectivity index (χ1n) is 6.98. The van der Waals surface area contributed by atoms with Crippen LogP contribution in [0.1, 0.15) is 26.7 Å². The Balaban J connectivity index is 2.24. The summed E-state index contributed by atoms with van der Waals surface area (Å²) in [6, 6.07) is 0.434. The van der Waals surface area contributed by atoms with E-state index in [1.54, 1.807) is 0 Å². The molecule has 2 atom stereocenters. The number of carbonyl (C=O) groups excluding carboxylic acids is 2. The van der Waals surface area contributed by atoms with E-state index in [1.807, 2.05) is 0 Å². The monoisotopic (exact) mass is 270 g/mol. The summed E-state index contributed by atoms with van der Waals surface area (Å²) in [5.74, 6) is 0.433. The van der Waals surface area contributed by atoms with Crippen molar-refractivity contribution in [3.8, 4) is 0 Å². The Morgan fingerprint density at radius 3 is 2.58 bits per heavy atom. The minimum atomic E-state index is -0.0790. The Labute approximate surface area is 115 Å². The predicted octanol–water partition coefficient (Wildman–Crippen LogP) is -0.702. The second-order valence-electron chi connectivity index (χ2n) is 5.29. The fraction of sp³-hybridized carbons (Fsp3) is 0.846. The van der Waals surface area contributed by atoms with Gasteiger partial charge in [-0.15, -0.1) is 0 Å². The van der Waals surface area contributed by atoms with Gasteiger partial charge in [-0.1, -0.05) is 0 Å². The van der Waals surface area contributed by atoms with Crippen LogP contribution in [0, 0.1) is 5.92 Å². The maximum Gasteiger partial charge on any atom is 0.234 e. The molecule has 1 heterocycles. The topological polar surface area (TPSA) is 87.5 Å². The van der Waals surface area contributed by atoms with Gasteiger partial charge in [0, 0.05) is 32.6 Å². The molecule has 0 bridgehead atoms. The lowest BCUT2D eigenvalue weighted by Crippen LogP contribution is -2.48. The van der Waals surface area contributed by atoms with Crippen LogP contribution < -0.4 is 16.4 Å². The third-order valence-corrected chi connectivity index (χ3v) is 3.61. The summed E-state index contributed by atoms with van der Waals surface area (Å²) in [5, 5.41) is 5.46. The SMILES string of the molecule is CC(=O)NCCNC(=O)CN1CC(CN)CCC1C. The molecular formula is C13H26N4O2. The Kier molecular flexibility index (Phi) is 6.80. The fourth-order valence-electron chi connectivity index (χ4n) is 2.36. The van der Waals surface area contributed by atoms with Crippen LogP contribution in [-0.4, -0.2) is 55.5 Å². The van der Waals surface area contributed by atoms with E-state index in [1.165, 1.54) is 6.92 Å². The summed E-state index contributed by atoms with van der Waals surface area (Å²) < 4.78 is 0. The lowest BCUT2D eigenvalue weighted by Gasteiger charge is -2.37.